The van der Waals surface area contributed by atoms with Crippen LogP contribution in [0.2, 0.25) is 19.6 Å². The van der Waals surface area contributed by atoms with E-state index in [-0.39, 0.29) is 10.5 Å². The van der Waals surface area contributed by atoms with Gasteiger partial charge in [-0.25, -0.2) is 0 Å². The first-order chi connectivity index (χ1) is 9.56. The molecule has 102 valence electrons. The molecule has 0 aliphatic rings. The first-order valence-corrected chi connectivity index (χ1v) is 11.5. The number of hydrogen-bond acceptors (Lipinski definition) is 0. The zero-order valence-electron chi connectivity index (χ0n) is 12.3. The van der Waals surface area contributed by atoms with Gasteiger partial charge in [-0.1, -0.05) is 62.0 Å². The first-order valence-electron chi connectivity index (χ1n) is 6.75. The molecule has 0 saturated heterocycles. The Balaban J connectivity index is 2.45. The minimum atomic E-state index is -1.31. The molecule has 0 unspecified atom stereocenters. The lowest BCUT2D eigenvalue weighted by atomic mass is 10.4. The van der Waals surface area contributed by atoms with Crippen LogP contribution in [0.15, 0.2) is 70.5 Å². The summed E-state index contributed by atoms with van der Waals surface area (Å²) in [6.45, 7) is 6.82. The van der Waals surface area contributed by atoms with Gasteiger partial charge < -0.3 is 0 Å². The van der Waals surface area contributed by atoms with Crippen LogP contribution < -0.4 is 0 Å². The molecule has 2 aromatic carbocycles. The molecule has 0 radical (unpaired) electrons. The van der Waals surface area contributed by atoms with Gasteiger partial charge in [0, 0.05) is 15.2 Å². The maximum Gasteiger partial charge on any atom is 0.129 e. The highest BCUT2D eigenvalue weighted by atomic mass is 32.2. The summed E-state index contributed by atoms with van der Waals surface area (Å²) >= 11 is 0. The van der Waals surface area contributed by atoms with E-state index >= 15 is 0 Å². The summed E-state index contributed by atoms with van der Waals surface area (Å²) in [7, 11) is -1.38. The van der Waals surface area contributed by atoms with Crippen molar-refractivity contribution in [3.8, 4) is 11.5 Å². The number of benzene rings is 2. The molecule has 0 aromatic heterocycles. The highest BCUT2D eigenvalue weighted by Gasteiger charge is 2.07. The van der Waals surface area contributed by atoms with E-state index in [1.54, 1.807) is 0 Å². The van der Waals surface area contributed by atoms with Gasteiger partial charge in [-0.2, -0.15) is 0 Å². The summed E-state index contributed by atoms with van der Waals surface area (Å²) in [5.74, 6) is 3.32. The summed E-state index contributed by atoms with van der Waals surface area (Å²) < 4.78 is 0. The summed E-state index contributed by atoms with van der Waals surface area (Å²) in [6.07, 6.45) is 0. The van der Waals surface area contributed by atoms with Crippen LogP contribution in [0.5, 0.6) is 0 Å². The van der Waals surface area contributed by atoms with E-state index in [4.69, 9.17) is 0 Å². The lowest BCUT2D eigenvalue weighted by Gasteiger charge is -2.09. The molecule has 0 aliphatic heterocycles. The van der Waals surface area contributed by atoms with Gasteiger partial charge in [-0.05, 0) is 24.3 Å². The van der Waals surface area contributed by atoms with Crippen LogP contribution in [-0.2, 0) is 0 Å². The molecule has 0 atom stereocenters. The second-order valence-electron chi connectivity index (χ2n) is 5.60. The average Bonchev–Trinajstić information content (AvgIpc) is 2.44. The van der Waals surface area contributed by atoms with Crippen molar-refractivity contribution in [2.45, 2.75) is 29.4 Å². The molecule has 0 spiro atoms. The smallest absolute Gasteiger partial charge is 0.127 e. The third-order valence-corrected chi connectivity index (χ3v) is 5.43. The maximum absolute atomic E-state index is 3.43. The van der Waals surface area contributed by atoms with E-state index in [1.165, 1.54) is 9.79 Å². The Kier molecular flexibility index (Phi) is 5.00. The Morgan fingerprint density at radius 3 is 1.65 bits per heavy atom. The van der Waals surface area contributed by atoms with Crippen molar-refractivity contribution in [2.75, 3.05) is 0 Å². The van der Waals surface area contributed by atoms with Crippen LogP contribution in [0, 0.1) is 11.5 Å². The van der Waals surface area contributed by atoms with Crippen molar-refractivity contribution < 1.29 is 0 Å². The van der Waals surface area contributed by atoms with Crippen LogP contribution in [-0.4, -0.2) is 13.4 Å². The molecule has 20 heavy (non-hydrogen) atoms. The van der Waals surface area contributed by atoms with Crippen molar-refractivity contribution >= 4 is 23.9 Å². The molecule has 0 saturated carbocycles. The second kappa shape index (κ2) is 6.74. The lowest BCUT2D eigenvalue weighted by molar-refractivity contribution is 1.40. The van der Waals surface area contributed by atoms with Crippen LogP contribution >= 0.6 is 10.5 Å². The molecule has 0 heterocycles. The predicted molar refractivity (Wildman–Crippen MR) is 94.2 cm³/mol. The fraction of sp³-hybridized carbons (Fsp3) is 0.167. The Morgan fingerprint density at radius 1 is 0.800 bits per heavy atom. The van der Waals surface area contributed by atoms with E-state index in [1.807, 2.05) is 0 Å². The summed E-state index contributed by atoms with van der Waals surface area (Å²) in [6, 6.07) is 21.2. The van der Waals surface area contributed by atoms with Gasteiger partial charge in [-0.3, -0.25) is 0 Å². The Morgan fingerprint density at radius 2 is 1.25 bits per heavy atom. The lowest BCUT2D eigenvalue weighted by Crippen LogP contribution is -2.16. The normalized spacial score (nSPS) is 10.8. The quantitative estimate of drug-likeness (QED) is 0.413. The largest absolute Gasteiger partial charge is 0.129 e. The third-order valence-electron chi connectivity index (χ3n) is 2.62. The van der Waals surface area contributed by atoms with Crippen molar-refractivity contribution in [1.82, 2.24) is 0 Å². The van der Waals surface area contributed by atoms with Crippen LogP contribution in [0.25, 0.3) is 0 Å². The highest BCUT2D eigenvalue weighted by molar-refractivity contribution is 8.15. The van der Waals surface area contributed by atoms with E-state index in [0.717, 1.165) is 0 Å². The van der Waals surface area contributed by atoms with Gasteiger partial charge in [0.05, 0.1) is 0 Å². The van der Waals surface area contributed by atoms with Crippen molar-refractivity contribution in [3.05, 3.63) is 60.7 Å². The van der Waals surface area contributed by atoms with Crippen LogP contribution in [0.4, 0.5) is 0 Å². The summed E-state index contributed by atoms with van der Waals surface area (Å²) in [5.41, 5.74) is 3.43. The molecule has 0 fully saturated rings. The molecule has 0 amide bonds. The average molecular weight is 297 g/mol. The summed E-state index contributed by atoms with van der Waals surface area (Å²) in [4.78, 5) is 2.65. The Bertz CT molecular complexity index is 599. The predicted octanol–water partition coefficient (Wildman–Crippen LogP) is 5.06. The molecular formula is C18H20SSi. The number of rotatable bonds is 2. The van der Waals surface area contributed by atoms with Crippen molar-refractivity contribution in [2.24, 2.45) is 0 Å². The second-order valence-corrected chi connectivity index (χ2v) is 12.2. The van der Waals surface area contributed by atoms with Gasteiger partial charge in [-0.15, -0.1) is 16.0 Å². The van der Waals surface area contributed by atoms with Gasteiger partial charge >= 0.3 is 0 Å². The van der Waals surface area contributed by atoms with E-state index in [0.29, 0.717) is 0 Å². The minimum absolute atomic E-state index is 0.0623. The topological polar surface area (TPSA) is 0 Å². The monoisotopic (exact) mass is 296 g/mol. The molecule has 0 aliphatic carbocycles. The standard InChI is InChI=1S/C18H20SSi/c1-20(2,3)16-10-15-19(17-11-6-4-7-12-17)18-13-8-5-9-14-18/h4-9,11-15H,1-3H3. The highest BCUT2D eigenvalue weighted by Crippen LogP contribution is 2.34. The summed E-state index contributed by atoms with van der Waals surface area (Å²) in [5, 5.41) is 2.17. The van der Waals surface area contributed by atoms with Crippen LogP contribution in [0.3, 0.4) is 0 Å². The van der Waals surface area contributed by atoms with Gasteiger partial charge in [0.1, 0.15) is 8.07 Å². The Labute approximate surface area is 125 Å². The molecule has 2 rings (SSSR count). The van der Waals surface area contributed by atoms with Crippen molar-refractivity contribution in [1.29, 1.82) is 0 Å². The molecule has 0 nitrogen and oxygen atoms in total. The number of hydrogen-bond donors (Lipinski definition) is 0. The van der Waals surface area contributed by atoms with E-state index < -0.39 is 8.07 Å². The van der Waals surface area contributed by atoms with Gasteiger partial charge in [0.2, 0.25) is 0 Å². The maximum atomic E-state index is 3.43. The van der Waals surface area contributed by atoms with Gasteiger partial charge in [0.25, 0.3) is 0 Å². The van der Waals surface area contributed by atoms with E-state index in [2.05, 4.69) is 97.1 Å². The zero-order chi connectivity index (χ0) is 14.4. The molecule has 2 heteroatoms. The van der Waals surface area contributed by atoms with Crippen molar-refractivity contribution in [3.63, 3.8) is 0 Å². The van der Waals surface area contributed by atoms with Crippen LogP contribution in [0.1, 0.15) is 0 Å². The zero-order valence-corrected chi connectivity index (χ0v) is 14.1. The molecule has 0 N–H and O–H groups in total. The first kappa shape index (κ1) is 14.8. The third kappa shape index (κ3) is 4.52. The minimum Gasteiger partial charge on any atom is -0.127 e. The fourth-order valence-corrected chi connectivity index (χ4v) is 3.94. The SMILES string of the molecule is C[Si](C)(C)C#CC=S(c1ccccc1)c1ccccc1. The molecular weight excluding hydrogens is 276 g/mol. The fourth-order valence-electron chi connectivity index (χ4n) is 1.71. The van der Waals surface area contributed by atoms with E-state index in [9.17, 15) is 0 Å². The van der Waals surface area contributed by atoms with Gasteiger partial charge in [0.15, 0.2) is 0 Å². The molecule has 2 aromatic rings. The Hall–Kier alpha value is -1.56. The molecule has 0 bridgehead atoms.